The summed E-state index contributed by atoms with van der Waals surface area (Å²) < 4.78 is 5.47. The number of rotatable bonds is 3. The molecule has 0 saturated heterocycles. The predicted octanol–water partition coefficient (Wildman–Crippen LogP) is 3.98. The Kier molecular flexibility index (Phi) is 4.15. The monoisotopic (exact) mass is 269 g/mol. The van der Waals surface area contributed by atoms with E-state index in [0.29, 0.717) is 0 Å². The Morgan fingerprint density at radius 3 is 2.05 bits per heavy atom. The van der Waals surface area contributed by atoms with Gasteiger partial charge < -0.3 is 10.5 Å². The highest BCUT2D eigenvalue weighted by atomic mass is 16.5. The van der Waals surface area contributed by atoms with Crippen LogP contribution in [-0.4, -0.2) is 7.11 Å². The van der Waals surface area contributed by atoms with Crippen molar-refractivity contribution >= 4 is 0 Å². The van der Waals surface area contributed by atoms with Gasteiger partial charge in [0.05, 0.1) is 13.2 Å². The van der Waals surface area contributed by atoms with Gasteiger partial charge in [-0.1, -0.05) is 35.4 Å². The maximum Gasteiger partial charge on any atom is 0.123 e. The number of hydrogen-bond acceptors (Lipinski definition) is 2. The molecule has 20 heavy (non-hydrogen) atoms. The van der Waals surface area contributed by atoms with Gasteiger partial charge in [0.1, 0.15) is 5.75 Å². The van der Waals surface area contributed by atoms with Crippen LogP contribution in [0.5, 0.6) is 5.75 Å². The third-order valence-electron chi connectivity index (χ3n) is 3.77. The fourth-order valence-corrected chi connectivity index (χ4v) is 2.93. The molecule has 0 aliphatic heterocycles. The number of nitrogens with two attached hydrogens (primary N) is 1. The van der Waals surface area contributed by atoms with E-state index in [4.69, 9.17) is 10.5 Å². The summed E-state index contributed by atoms with van der Waals surface area (Å²) in [5.41, 5.74) is 13.7. The molecule has 1 atom stereocenters. The SMILES string of the molecule is COc1ccc(C)cc1C(N)c1c(C)cc(C)cc1C. The molecule has 0 heterocycles. The lowest BCUT2D eigenvalue weighted by atomic mass is 9.89. The predicted molar refractivity (Wildman–Crippen MR) is 84.4 cm³/mol. The molecule has 0 aromatic heterocycles. The second-order valence-corrected chi connectivity index (χ2v) is 5.54. The number of ether oxygens (including phenoxy) is 1. The van der Waals surface area contributed by atoms with E-state index >= 15 is 0 Å². The van der Waals surface area contributed by atoms with E-state index in [0.717, 1.165) is 11.3 Å². The molecule has 0 bridgehead atoms. The van der Waals surface area contributed by atoms with Crippen molar-refractivity contribution in [2.24, 2.45) is 5.73 Å². The zero-order chi connectivity index (χ0) is 14.9. The van der Waals surface area contributed by atoms with E-state index in [1.165, 1.54) is 27.8 Å². The highest BCUT2D eigenvalue weighted by Crippen LogP contribution is 2.32. The highest BCUT2D eigenvalue weighted by Gasteiger charge is 2.18. The zero-order valence-electron chi connectivity index (χ0n) is 12.9. The standard InChI is InChI=1S/C18H23NO/c1-11-6-7-16(20-5)15(10-11)18(19)17-13(3)8-12(2)9-14(17)4/h6-10,18H,19H2,1-5H3. The van der Waals surface area contributed by atoms with Crippen LogP contribution in [0, 0.1) is 27.7 Å². The van der Waals surface area contributed by atoms with Gasteiger partial charge in [0.25, 0.3) is 0 Å². The molecule has 2 rings (SSSR count). The zero-order valence-corrected chi connectivity index (χ0v) is 12.9. The molecule has 2 aromatic rings. The van der Waals surface area contributed by atoms with Gasteiger partial charge in [-0.05, 0) is 50.5 Å². The molecule has 2 nitrogen and oxygen atoms in total. The third-order valence-corrected chi connectivity index (χ3v) is 3.77. The molecule has 106 valence electrons. The van der Waals surface area contributed by atoms with Crippen molar-refractivity contribution in [1.82, 2.24) is 0 Å². The van der Waals surface area contributed by atoms with Crippen LogP contribution < -0.4 is 10.5 Å². The Morgan fingerprint density at radius 2 is 1.50 bits per heavy atom. The Morgan fingerprint density at radius 1 is 0.900 bits per heavy atom. The summed E-state index contributed by atoms with van der Waals surface area (Å²) in [4.78, 5) is 0. The second-order valence-electron chi connectivity index (χ2n) is 5.54. The van der Waals surface area contributed by atoms with E-state index in [2.05, 4.69) is 45.9 Å². The van der Waals surface area contributed by atoms with Crippen LogP contribution in [-0.2, 0) is 0 Å². The van der Waals surface area contributed by atoms with Gasteiger partial charge in [-0.15, -0.1) is 0 Å². The van der Waals surface area contributed by atoms with Crippen molar-refractivity contribution in [2.45, 2.75) is 33.7 Å². The molecule has 1 unspecified atom stereocenters. The van der Waals surface area contributed by atoms with Gasteiger partial charge in [-0.2, -0.15) is 0 Å². The van der Waals surface area contributed by atoms with Crippen LogP contribution >= 0.6 is 0 Å². The quantitative estimate of drug-likeness (QED) is 0.914. The van der Waals surface area contributed by atoms with E-state index in [9.17, 15) is 0 Å². The number of benzene rings is 2. The molecule has 0 saturated carbocycles. The molecule has 0 amide bonds. The van der Waals surface area contributed by atoms with Gasteiger partial charge in [0.15, 0.2) is 0 Å². The van der Waals surface area contributed by atoms with Crippen LogP contribution in [0.15, 0.2) is 30.3 Å². The average Bonchev–Trinajstić information content (AvgIpc) is 2.37. The molecular weight excluding hydrogens is 246 g/mol. The van der Waals surface area contributed by atoms with Crippen LogP contribution in [0.1, 0.15) is 39.4 Å². The minimum atomic E-state index is -0.162. The first-order valence-electron chi connectivity index (χ1n) is 6.92. The molecule has 2 heteroatoms. The summed E-state index contributed by atoms with van der Waals surface area (Å²) in [5, 5.41) is 0. The van der Waals surface area contributed by atoms with Crippen LogP contribution in [0.25, 0.3) is 0 Å². The smallest absolute Gasteiger partial charge is 0.123 e. The Bertz CT molecular complexity index is 608. The summed E-state index contributed by atoms with van der Waals surface area (Å²) >= 11 is 0. The van der Waals surface area contributed by atoms with Crippen LogP contribution in [0.2, 0.25) is 0 Å². The molecule has 2 aromatic carbocycles. The number of hydrogen-bond donors (Lipinski definition) is 1. The highest BCUT2D eigenvalue weighted by molar-refractivity contribution is 5.48. The van der Waals surface area contributed by atoms with Crippen molar-refractivity contribution in [3.63, 3.8) is 0 Å². The molecule has 0 spiro atoms. The third kappa shape index (κ3) is 2.70. The first-order valence-corrected chi connectivity index (χ1v) is 6.92. The first kappa shape index (κ1) is 14.6. The van der Waals surface area contributed by atoms with Crippen molar-refractivity contribution in [3.05, 3.63) is 63.7 Å². The normalized spacial score (nSPS) is 12.3. The molecule has 0 radical (unpaired) electrons. The van der Waals surface area contributed by atoms with Gasteiger partial charge in [-0.3, -0.25) is 0 Å². The van der Waals surface area contributed by atoms with Crippen molar-refractivity contribution in [1.29, 1.82) is 0 Å². The summed E-state index contributed by atoms with van der Waals surface area (Å²) in [6, 6.07) is 10.4. The lowest BCUT2D eigenvalue weighted by Crippen LogP contribution is -2.16. The summed E-state index contributed by atoms with van der Waals surface area (Å²) in [6.45, 7) is 8.43. The van der Waals surface area contributed by atoms with E-state index in [-0.39, 0.29) is 6.04 Å². The molecule has 0 aliphatic rings. The van der Waals surface area contributed by atoms with Gasteiger partial charge in [0.2, 0.25) is 0 Å². The first-order chi connectivity index (χ1) is 9.43. The second kappa shape index (κ2) is 5.68. The maximum atomic E-state index is 6.53. The number of aryl methyl sites for hydroxylation is 4. The fraction of sp³-hybridized carbons (Fsp3) is 0.333. The number of methoxy groups -OCH3 is 1. The van der Waals surface area contributed by atoms with E-state index < -0.39 is 0 Å². The van der Waals surface area contributed by atoms with Crippen molar-refractivity contribution in [3.8, 4) is 5.75 Å². The maximum absolute atomic E-state index is 6.53. The summed E-state index contributed by atoms with van der Waals surface area (Å²) in [7, 11) is 1.69. The Labute approximate surface area is 121 Å². The van der Waals surface area contributed by atoms with Gasteiger partial charge >= 0.3 is 0 Å². The largest absolute Gasteiger partial charge is 0.496 e. The van der Waals surface area contributed by atoms with E-state index in [1.54, 1.807) is 7.11 Å². The average molecular weight is 269 g/mol. The van der Waals surface area contributed by atoms with Gasteiger partial charge in [0, 0.05) is 5.56 Å². The summed E-state index contributed by atoms with van der Waals surface area (Å²) in [6.07, 6.45) is 0. The lowest BCUT2D eigenvalue weighted by molar-refractivity contribution is 0.407. The van der Waals surface area contributed by atoms with Crippen molar-refractivity contribution in [2.75, 3.05) is 7.11 Å². The Balaban J connectivity index is 2.57. The minimum absolute atomic E-state index is 0.162. The topological polar surface area (TPSA) is 35.2 Å². The molecule has 2 N–H and O–H groups in total. The van der Waals surface area contributed by atoms with Gasteiger partial charge in [-0.25, -0.2) is 0 Å². The Hall–Kier alpha value is -1.80. The molecule has 0 aliphatic carbocycles. The lowest BCUT2D eigenvalue weighted by Gasteiger charge is -2.21. The van der Waals surface area contributed by atoms with Crippen molar-refractivity contribution < 1.29 is 4.74 Å². The minimum Gasteiger partial charge on any atom is -0.496 e. The van der Waals surface area contributed by atoms with Crippen LogP contribution in [0.3, 0.4) is 0 Å². The molecule has 0 fully saturated rings. The van der Waals surface area contributed by atoms with E-state index in [1.807, 2.05) is 12.1 Å². The summed E-state index contributed by atoms with van der Waals surface area (Å²) in [5.74, 6) is 0.850. The van der Waals surface area contributed by atoms with Crippen LogP contribution in [0.4, 0.5) is 0 Å². The fourth-order valence-electron chi connectivity index (χ4n) is 2.93. The molecular formula is C18H23NO.